The molecule has 0 N–H and O–H groups in total. The highest BCUT2D eigenvalue weighted by Crippen LogP contribution is 2.47. The maximum atomic E-state index is 2.47. The molecule has 0 radical (unpaired) electrons. The Morgan fingerprint density at radius 2 is 0.865 bits per heavy atom. The molecule has 1 aromatic heterocycles. The SMILES string of the molecule is c1ccc(-c2ccc3ccc(-c4ccc5ccc(N(c6ccccc6-c6ccccc6)c6cccc7sc8ccccc8c67)cc5c4)cc3c2)cc1. The summed E-state index contributed by atoms with van der Waals surface area (Å²) in [5.41, 5.74) is 10.7. The molecule has 9 aromatic carbocycles. The average molecular weight is 680 g/mol. The van der Waals surface area contributed by atoms with Crippen molar-refractivity contribution in [2.45, 2.75) is 0 Å². The van der Waals surface area contributed by atoms with E-state index in [0.717, 1.165) is 11.4 Å². The molecule has 0 atom stereocenters. The summed E-state index contributed by atoms with van der Waals surface area (Å²) >= 11 is 1.86. The summed E-state index contributed by atoms with van der Waals surface area (Å²) in [4.78, 5) is 2.47. The molecule has 244 valence electrons. The van der Waals surface area contributed by atoms with Crippen LogP contribution in [0.5, 0.6) is 0 Å². The highest BCUT2D eigenvalue weighted by molar-refractivity contribution is 7.26. The van der Waals surface area contributed by atoms with Gasteiger partial charge in [-0.2, -0.15) is 0 Å². The van der Waals surface area contributed by atoms with E-state index < -0.39 is 0 Å². The lowest BCUT2D eigenvalue weighted by molar-refractivity contribution is 1.31. The van der Waals surface area contributed by atoms with Crippen molar-refractivity contribution >= 4 is 70.1 Å². The number of thiophene rings is 1. The molecule has 2 heteroatoms. The Morgan fingerprint density at radius 3 is 1.60 bits per heavy atom. The monoisotopic (exact) mass is 679 g/mol. The van der Waals surface area contributed by atoms with E-state index in [0.29, 0.717) is 0 Å². The van der Waals surface area contributed by atoms with Gasteiger partial charge in [-0.05, 0) is 104 Å². The first-order valence-corrected chi connectivity index (χ1v) is 18.6. The van der Waals surface area contributed by atoms with E-state index in [1.807, 2.05) is 11.3 Å². The van der Waals surface area contributed by atoms with Crippen molar-refractivity contribution in [2.75, 3.05) is 4.90 Å². The van der Waals surface area contributed by atoms with Gasteiger partial charge in [0, 0.05) is 31.4 Å². The second-order valence-corrected chi connectivity index (χ2v) is 14.4. The third kappa shape index (κ3) is 5.33. The summed E-state index contributed by atoms with van der Waals surface area (Å²) < 4.78 is 2.59. The fraction of sp³-hybridized carbons (Fsp3) is 0. The predicted molar refractivity (Wildman–Crippen MR) is 225 cm³/mol. The van der Waals surface area contributed by atoms with Crippen LogP contribution in [0.1, 0.15) is 0 Å². The number of fused-ring (bicyclic) bond motifs is 5. The first-order chi connectivity index (χ1) is 25.8. The largest absolute Gasteiger partial charge is 0.309 e. The van der Waals surface area contributed by atoms with Crippen LogP contribution in [0.25, 0.3) is 75.1 Å². The molecule has 0 aliphatic rings. The number of hydrogen-bond acceptors (Lipinski definition) is 2. The fourth-order valence-corrected chi connectivity index (χ4v) is 8.80. The predicted octanol–water partition coefficient (Wildman–Crippen LogP) is 14.8. The lowest BCUT2D eigenvalue weighted by Crippen LogP contribution is -2.11. The lowest BCUT2D eigenvalue weighted by atomic mass is 9.96. The number of rotatable bonds is 6. The Hall–Kier alpha value is -6.48. The minimum atomic E-state index is 1.13. The third-order valence-corrected chi connectivity index (χ3v) is 11.3. The van der Waals surface area contributed by atoms with Crippen molar-refractivity contribution in [1.82, 2.24) is 0 Å². The van der Waals surface area contributed by atoms with Crippen LogP contribution >= 0.6 is 11.3 Å². The third-order valence-electron chi connectivity index (χ3n) is 10.2. The number of nitrogens with zero attached hydrogens (tertiary/aromatic N) is 1. The van der Waals surface area contributed by atoms with Crippen LogP contribution in [-0.2, 0) is 0 Å². The standard InChI is InChI=1S/C50H33NS/c1-3-12-34(13-4-1)38-25-22-35-23-26-39(31-41(35)30-38)40-27-24-36-28-29-43(33-42(36)32-40)51(46-18-9-7-16-44(46)37-14-5-2-6-15-37)47-19-11-21-49-50(47)45-17-8-10-20-48(45)52-49/h1-33H. The van der Waals surface area contributed by atoms with Crippen LogP contribution < -0.4 is 4.90 Å². The van der Waals surface area contributed by atoms with Gasteiger partial charge in [-0.25, -0.2) is 0 Å². The summed E-state index contributed by atoms with van der Waals surface area (Å²) in [5.74, 6) is 0. The van der Waals surface area contributed by atoms with E-state index in [1.54, 1.807) is 0 Å². The molecule has 52 heavy (non-hydrogen) atoms. The summed E-state index contributed by atoms with van der Waals surface area (Å²) in [6, 6.07) is 73.0. The highest BCUT2D eigenvalue weighted by Gasteiger charge is 2.21. The molecule has 10 rings (SSSR count). The molecule has 0 fully saturated rings. The summed E-state index contributed by atoms with van der Waals surface area (Å²) in [7, 11) is 0. The zero-order valence-electron chi connectivity index (χ0n) is 28.4. The molecule has 1 heterocycles. The van der Waals surface area contributed by atoms with Crippen LogP contribution in [0.4, 0.5) is 17.1 Å². The van der Waals surface area contributed by atoms with Gasteiger partial charge in [0.25, 0.3) is 0 Å². The van der Waals surface area contributed by atoms with Gasteiger partial charge < -0.3 is 4.90 Å². The Morgan fingerprint density at radius 1 is 0.327 bits per heavy atom. The number of benzene rings is 9. The second kappa shape index (κ2) is 12.7. The zero-order valence-corrected chi connectivity index (χ0v) is 29.2. The van der Waals surface area contributed by atoms with E-state index in [-0.39, 0.29) is 0 Å². The summed E-state index contributed by atoms with van der Waals surface area (Å²) in [6.45, 7) is 0. The van der Waals surface area contributed by atoms with E-state index in [1.165, 1.54) is 80.8 Å². The van der Waals surface area contributed by atoms with Crippen molar-refractivity contribution in [2.24, 2.45) is 0 Å². The van der Waals surface area contributed by atoms with E-state index in [2.05, 4.69) is 205 Å². The smallest absolute Gasteiger partial charge is 0.0555 e. The van der Waals surface area contributed by atoms with Crippen molar-refractivity contribution in [1.29, 1.82) is 0 Å². The first kappa shape index (κ1) is 30.4. The zero-order chi connectivity index (χ0) is 34.4. The molecule has 0 aliphatic carbocycles. The Kier molecular flexibility index (Phi) is 7.41. The molecule has 0 spiro atoms. The molecule has 0 aliphatic heterocycles. The molecular weight excluding hydrogens is 647 g/mol. The van der Waals surface area contributed by atoms with E-state index in [4.69, 9.17) is 0 Å². The molecule has 0 unspecified atom stereocenters. The van der Waals surface area contributed by atoms with Gasteiger partial charge in [0.2, 0.25) is 0 Å². The Balaban J connectivity index is 1.15. The van der Waals surface area contributed by atoms with E-state index in [9.17, 15) is 0 Å². The van der Waals surface area contributed by atoms with Gasteiger partial charge in [-0.1, -0.05) is 146 Å². The molecular formula is C50H33NS. The topological polar surface area (TPSA) is 3.24 Å². The van der Waals surface area contributed by atoms with Gasteiger partial charge in [0.15, 0.2) is 0 Å². The summed E-state index contributed by atoms with van der Waals surface area (Å²) in [6.07, 6.45) is 0. The number of hydrogen-bond donors (Lipinski definition) is 0. The molecule has 0 saturated heterocycles. The van der Waals surface area contributed by atoms with Crippen molar-refractivity contribution < 1.29 is 0 Å². The Labute approximate surface area is 307 Å². The molecule has 1 nitrogen and oxygen atoms in total. The maximum Gasteiger partial charge on any atom is 0.0555 e. The van der Waals surface area contributed by atoms with Gasteiger partial charge in [-0.15, -0.1) is 11.3 Å². The van der Waals surface area contributed by atoms with Gasteiger partial charge in [0.1, 0.15) is 0 Å². The summed E-state index contributed by atoms with van der Waals surface area (Å²) in [5, 5.41) is 7.48. The van der Waals surface area contributed by atoms with Crippen molar-refractivity contribution in [3.63, 3.8) is 0 Å². The highest BCUT2D eigenvalue weighted by atomic mass is 32.1. The molecule has 0 bridgehead atoms. The minimum absolute atomic E-state index is 1.13. The maximum absolute atomic E-state index is 2.47. The quantitative estimate of drug-likeness (QED) is 0.169. The molecule has 0 amide bonds. The minimum Gasteiger partial charge on any atom is -0.309 e. The van der Waals surface area contributed by atoms with Crippen molar-refractivity contribution in [3.05, 3.63) is 200 Å². The fourth-order valence-electron chi connectivity index (χ4n) is 7.67. The van der Waals surface area contributed by atoms with Crippen LogP contribution in [0.2, 0.25) is 0 Å². The molecule has 10 aromatic rings. The van der Waals surface area contributed by atoms with Crippen LogP contribution in [0, 0.1) is 0 Å². The van der Waals surface area contributed by atoms with Crippen LogP contribution in [0.15, 0.2) is 200 Å². The molecule has 0 saturated carbocycles. The van der Waals surface area contributed by atoms with Gasteiger partial charge >= 0.3 is 0 Å². The van der Waals surface area contributed by atoms with Crippen LogP contribution in [-0.4, -0.2) is 0 Å². The Bertz CT molecular complexity index is 2910. The normalized spacial score (nSPS) is 11.5. The number of para-hydroxylation sites is 1. The lowest BCUT2D eigenvalue weighted by Gasteiger charge is -2.29. The van der Waals surface area contributed by atoms with Gasteiger partial charge in [0.05, 0.1) is 11.4 Å². The van der Waals surface area contributed by atoms with Crippen molar-refractivity contribution in [3.8, 4) is 33.4 Å². The number of anilines is 3. The van der Waals surface area contributed by atoms with E-state index >= 15 is 0 Å². The first-order valence-electron chi connectivity index (χ1n) is 17.8. The van der Waals surface area contributed by atoms with Crippen LogP contribution in [0.3, 0.4) is 0 Å². The second-order valence-electron chi connectivity index (χ2n) is 13.4. The average Bonchev–Trinajstić information content (AvgIpc) is 3.61. The van der Waals surface area contributed by atoms with Gasteiger partial charge in [-0.3, -0.25) is 0 Å².